The van der Waals surface area contributed by atoms with E-state index in [0.29, 0.717) is 5.92 Å². The second kappa shape index (κ2) is 5.88. The highest BCUT2D eigenvalue weighted by Crippen LogP contribution is 2.29. The van der Waals surface area contributed by atoms with Gasteiger partial charge in [0.25, 0.3) is 0 Å². The zero-order valence-electron chi connectivity index (χ0n) is 11.6. The Bertz CT molecular complexity index is 673. The Labute approximate surface area is 119 Å². The van der Waals surface area contributed by atoms with Gasteiger partial charge in [-0.15, -0.1) is 0 Å². The van der Waals surface area contributed by atoms with Gasteiger partial charge in [0, 0.05) is 11.3 Å². The van der Waals surface area contributed by atoms with Crippen LogP contribution in [0.25, 0.3) is 10.9 Å². The Morgan fingerprint density at radius 2 is 1.95 bits per heavy atom. The lowest BCUT2D eigenvalue weighted by molar-refractivity contribution is 0.662. The third-order valence-electron chi connectivity index (χ3n) is 3.75. The van der Waals surface area contributed by atoms with E-state index >= 15 is 0 Å². The fourth-order valence-electron chi connectivity index (χ4n) is 2.68. The first-order valence-electron chi connectivity index (χ1n) is 7.01. The number of nitrogens with zero attached hydrogens (tertiary/aromatic N) is 1. The molecule has 3 heteroatoms. The van der Waals surface area contributed by atoms with E-state index in [1.165, 1.54) is 16.5 Å². The normalized spacial score (nSPS) is 12.7. The van der Waals surface area contributed by atoms with Crippen molar-refractivity contribution >= 4 is 10.9 Å². The number of hydrogen-bond acceptors (Lipinski definition) is 2. The molecule has 0 aliphatic carbocycles. The number of H-pyrrole nitrogens is 1. The van der Waals surface area contributed by atoms with Crippen LogP contribution in [0.3, 0.4) is 0 Å². The van der Waals surface area contributed by atoms with E-state index in [-0.39, 0.29) is 0 Å². The predicted molar refractivity (Wildman–Crippen MR) is 82.9 cm³/mol. The lowest BCUT2D eigenvalue weighted by Gasteiger charge is -2.18. The molecular weight excluding hydrogens is 246 g/mol. The highest BCUT2D eigenvalue weighted by Gasteiger charge is 2.14. The summed E-state index contributed by atoms with van der Waals surface area (Å²) in [7, 11) is 2.00. The predicted octanol–water partition coefficient (Wildman–Crippen LogP) is 3.30. The monoisotopic (exact) mass is 265 g/mol. The van der Waals surface area contributed by atoms with Crippen LogP contribution in [-0.2, 0) is 0 Å². The first-order valence-corrected chi connectivity index (χ1v) is 7.01. The standard InChI is InChI=1S/C17H19N3/c1-18-10-9-16(13-5-3-2-4-6-13)14-7-8-17-15(11-14)12-19-20-17/h2-8,11-12,16,18H,9-10H2,1H3,(H,19,20). The van der Waals surface area contributed by atoms with Crippen molar-refractivity contribution in [3.05, 3.63) is 65.9 Å². The number of rotatable bonds is 5. The maximum absolute atomic E-state index is 4.10. The molecule has 1 aromatic heterocycles. The smallest absolute Gasteiger partial charge is 0.0650 e. The van der Waals surface area contributed by atoms with Crippen molar-refractivity contribution in [3.8, 4) is 0 Å². The Kier molecular flexibility index (Phi) is 3.79. The molecular formula is C17H19N3. The minimum atomic E-state index is 0.419. The van der Waals surface area contributed by atoms with Crippen LogP contribution in [0.1, 0.15) is 23.5 Å². The summed E-state index contributed by atoms with van der Waals surface area (Å²) >= 11 is 0. The molecule has 3 aromatic rings. The molecule has 0 fully saturated rings. The Morgan fingerprint density at radius 1 is 1.10 bits per heavy atom. The molecule has 0 saturated heterocycles. The van der Waals surface area contributed by atoms with Crippen LogP contribution in [-0.4, -0.2) is 23.8 Å². The molecule has 1 heterocycles. The lowest BCUT2D eigenvalue weighted by atomic mass is 9.88. The zero-order valence-corrected chi connectivity index (χ0v) is 11.6. The van der Waals surface area contributed by atoms with Crippen LogP contribution in [0.2, 0.25) is 0 Å². The molecule has 102 valence electrons. The van der Waals surface area contributed by atoms with E-state index in [9.17, 15) is 0 Å². The van der Waals surface area contributed by atoms with Crippen molar-refractivity contribution in [1.82, 2.24) is 15.5 Å². The van der Waals surface area contributed by atoms with Gasteiger partial charge in [-0.1, -0.05) is 36.4 Å². The molecule has 1 unspecified atom stereocenters. The molecule has 0 spiro atoms. The average Bonchev–Trinajstić information content (AvgIpc) is 2.96. The van der Waals surface area contributed by atoms with Crippen molar-refractivity contribution in [1.29, 1.82) is 0 Å². The van der Waals surface area contributed by atoms with Gasteiger partial charge in [0.15, 0.2) is 0 Å². The highest BCUT2D eigenvalue weighted by molar-refractivity contribution is 5.78. The Hall–Kier alpha value is -2.13. The maximum atomic E-state index is 4.10. The van der Waals surface area contributed by atoms with E-state index < -0.39 is 0 Å². The largest absolute Gasteiger partial charge is 0.320 e. The summed E-state index contributed by atoms with van der Waals surface area (Å²) in [4.78, 5) is 0. The molecule has 0 saturated carbocycles. The van der Waals surface area contributed by atoms with Gasteiger partial charge in [0.05, 0.1) is 11.7 Å². The average molecular weight is 265 g/mol. The molecule has 0 amide bonds. The van der Waals surface area contributed by atoms with Crippen LogP contribution in [0.4, 0.5) is 0 Å². The van der Waals surface area contributed by atoms with Crippen LogP contribution < -0.4 is 5.32 Å². The number of aromatic amines is 1. The fourth-order valence-corrected chi connectivity index (χ4v) is 2.68. The Morgan fingerprint density at radius 3 is 2.75 bits per heavy atom. The summed E-state index contributed by atoms with van der Waals surface area (Å²) in [6.07, 6.45) is 2.98. The molecule has 2 aromatic carbocycles. The number of hydrogen-bond donors (Lipinski definition) is 2. The number of fused-ring (bicyclic) bond motifs is 1. The van der Waals surface area contributed by atoms with Crippen molar-refractivity contribution < 1.29 is 0 Å². The van der Waals surface area contributed by atoms with Crippen LogP contribution >= 0.6 is 0 Å². The third-order valence-corrected chi connectivity index (χ3v) is 3.75. The van der Waals surface area contributed by atoms with E-state index in [4.69, 9.17) is 0 Å². The van der Waals surface area contributed by atoms with Gasteiger partial charge in [-0.05, 0) is 43.3 Å². The second-order valence-electron chi connectivity index (χ2n) is 5.07. The van der Waals surface area contributed by atoms with Gasteiger partial charge in [0.1, 0.15) is 0 Å². The van der Waals surface area contributed by atoms with Crippen molar-refractivity contribution in [3.63, 3.8) is 0 Å². The molecule has 20 heavy (non-hydrogen) atoms. The molecule has 0 aliphatic heterocycles. The van der Waals surface area contributed by atoms with Crippen LogP contribution in [0, 0.1) is 0 Å². The summed E-state index contributed by atoms with van der Waals surface area (Å²) in [5.41, 5.74) is 3.81. The van der Waals surface area contributed by atoms with E-state index in [0.717, 1.165) is 18.5 Å². The third kappa shape index (κ3) is 2.58. The Balaban J connectivity index is 1.99. The topological polar surface area (TPSA) is 40.7 Å². The van der Waals surface area contributed by atoms with Gasteiger partial charge in [-0.3, -0.25) is 5.10 Å². The molecule has 0 radical (unpaired) electrons. The lowest BCUT2D eigenvalue weighted by Crippen LogP contribution is -2.13. The van der Waals surface area contributed by atoms with Gasteiger partial charge < -0.3 is 5.32 Å². The molecule has 0 aliphatic rings. The summed E-state index contributed by atoms with van der Waals surface area (Å²) in [5, 5.41) is 11.5. The molecule has 0 bridgehead atoms. The number of aromatic nitrogens is 2. The van der Waals surface area contributed by atoms with Gasteiger partial charge >= 0.3 is 0 Å². The molecule has 3 nitrogen and oxygen atoms in total. The molecule has 3 rings (SSSR count). The van der Waals surface area contributed by atoms with E-state index in [1.54, 1.807) is 0 Å². The number of nitrogens with one attached hydrogen (secondary N) is 2. The van der Waals surface area contributed by atoms with Crippen LogP contribution in [0.15, 0.2) is 54.7 Å². The molecule has 2 N–H and O–H groups in total. The quantitative estimate of drug-likeness (QED) is 0.743. The SMILES string of the molecule is CNCCC(c1ccccc1)c1ccc2[nH]ncc2c1. The van der Waals surface area contributed by atoms with E-state index in [2.05, 4.69) is 64.0 Å². The van der Waals surface area contributed by atoms with Gasteiger partial charge in [0.2, 0.25) is 0 Å². The maximum Gasteiger partial charge on any atom is 0.0650 e. The van der Waals surface area contributed by atoms with Crippen molar-refractivity contribution in [2.24, 2.45) is 0 Å². The minimum absolute atomic E-state index is 0.419. The van der Waals surface area contributed by atoms with Crippen molar-refractivity contribution in [2.75, 3.05) is 13.6 Å². The van der Waals surface area contributed by atoms with Gasteiger partial charge in [-0.2, -0.15) is 5.10 Å². The van der Waals surface area contributed by atoms with Crippen LogP contribution in [0.5, 0.6) is 0 Å². The summed E-state index contributed by atoms with van der Waals surface area (Å²) in [6, 6.07) is 17.3. The molecule has 1 atom stereocenters. The summed E-state index contributed by atoms with van der Waals surface area (Å²) in [6.45, 7) is 1.00. The highest BCUT2D eigenvalue weighted by atomic mass is 15.1. The van der Waals surface area contributed by atoms with E-state index in [1.807, 2.05) is 13.2 Å². The first-order chi connectivity index (χ1) is 9.88. The van der Waals surface area contributed by atoms with Crippen molar-refractivity contribution in [2.45, 2.75) is 12.3 Å². The summed E-state index contributed by atoms with van der Waals surface area (Å²) in [5.74, 6) is 0.419. The fraction of sp³-hybridized carbons (Fsp3) is 0.235. The first kappa shape index (κ1) is 12.9. The number of benzene rings is 2. The summed E-state index contributed by atoms with van der Waals surface area (Å²) < 4.78 is 0. The minimum Gasteiger partial charge on any atom is -0.320 e. The zero-order chi connectivity index (χ0) is 13.8. The second-order valence-corrected chi connectivity index (χ2v) is 5.07. The van der Waals surface area contributed by atoms with Gasteiger partial charge in [-0.25, -0.2) is 0 Å².